The molecule has 0 bridgehead atoms. The minimum absolute atomic E-state index is 0.0110. The summed E-state index contributed by atoms with van der Waals surface area (Å²) in [4.78, 5) is 10.7. The zero-order chi connectivity index (χ0) is 9.84. The van der Waals surface area contributed by atoms with Crippen molar-refractivity contribution in [1.82, 2.24) is 0 Å². The van der Waals surface area contributed by atoms with Gasteiger partial charge in [0.1, 0.15) is 0 Å². The van der Waals surface area contributed by atoms with Crippen LogP contribution in [0.3, 0.4) is 0 Å². The summed E-state index contributed by atoms with van der Waals surface area (Å²) in [6.07, 6.45) is 5.73. The van der Waals surface area contributed by atoms with Crippen molar-refractivity contribution in [3.63, 3.8) is 0 Å². The summed E-state index contributed by atoms with van der Waals surface area (Å²) in [5.41, 5.74) is 0. The molecule has 0 aromatic rings. The van der Waals surface area contributed by atoms with Gasteiger partial charge in [-0.2, -0.15) is 0 Å². The number of carboxylic acid groups (broad SMARTS) is 1. The van der Waals surface area contributed by atoms with Crippen LogP contribution in [0.25, 0.3) is 0 Å². The van der Waals surface area contributed by atoms with Gasteiger partial charge in [-0.3, -0.25) is 4.79 Å². The highest BCUT2D eigenvalue weighted by Gasteiger charge is 2.46. The molecule has 1 aliphatic carbocycles. The third-order valence-corrected chi connectivity index (χ3v) is 3.08. The predicted octanol–water partition coefficient (Wildman–Crippen LogP) is 2.92. The van der Waals surface area contributed by atoms with E-state index >= 15 is 0 Å². The molecule has 0 aliphatic heterocycles. The largest absolute Gasteiger partial charge is 0.481 e. The molecule has 0 radical (unpaired) electrons. The number of carbonyl (C=O) groups is 1. The van der Waals surface area contributed by atoms with Crippen LogP contribution in [0.1, 0.15) is 46.0 Å². The molecule has 2 nitrogen and oxygen atoms in total. The Hall–Kier alpha value is -0.530. The van der Waals surface area contributed by atoms with Gasteiger partial charge in [-0.15, -0.1) is 0 Å². The fourth-order valence-corrected chi connectivity index (χ4v) is 2.33. The first-order valence-electron chi connectivity index (χ1n) is 5.43. The second-order valence-electron chi connectivity index (χ2n) is 4.18. The van der Waals surface area contributed by atoms with Crippen molar-refractivity contribution in [2.24, 2.45) is 17.8 Å². The third kappa shape index (κ3) is 2.71. The summed E-state index contributed by atoms with van der Waals surface area (Å²) in [6.45, 7) is 4.36. The third-order valence-electron chi connectivity index (χ3n) is 3.08. The van der Waals surface area contributed by atoms with Crippen molar-refractivity contribution in [3.8, 4) is 0 Å². The van der Waals surface area contributed by atoms with E-state index in [1.54, 1.807) is 0 Å². The van der Waals surface area contributed by atoms with E-state index in [0.717, 1.165) is 6.42 Å². The molecule has 13 heavy (non-hydrogen) atoms. The number of carboxylic acids is 1. The number of hydrogen-bond donors (Lipinski definition) is 1. The van der Waals surface area contributed by atoms with Crippen LogP contribution in [0.2, 0.25) is 0 Å². The normalized spacial score (nSPS) is 26.4. The van der Waals surface area contributed by atoms with Gasteiger partial charge in [0.2, 0.25) is 0 Å². The Labute approximate surface area is 80.3 Å². The van der Waals surface area contributed by atoms with Gasteiger partial charge in [-0.25, -0.2) is 0 Å². The highest BCUT2D eigenvalue weighted by molar-refractivity contribution is 5.73. The predicted molar refractivity (Wildman–Crippen MR) is 52.5 cm³/mol. The van der Waals surface area contributed by atoms with Gasteiger partial charge < -0.3 is 5.11 Å². The molecule has 1 N–H and O–H groups in total. The summed E-state index contributed by atoms with van der Waals surface area (Å²) < 4.78 is 0. The van der Waals surface area contributed by atoms with Crippen molar-refractivity contribution in [3.05, 3.63) is 0 Å². The molecule has 0 aromatic carbocycles. The highest BCUT2D eigenvalue weighted by Crippen LogP contribution is 2.47. The maximum absolute atomic E-state index is 10.7. The molecular formula is C11H20O2. The number of rotatable bonds is 6. The fourth-order valence-electron chi connectivity index (χ4n) is 2.33. The zero-order valence-corrected chi connectivity index (χ0v) is 8.62. The summed E-state index contributed by atoms with van der Waals surface area (Å²) in [5, 5.41) is 8.81. The maximum Gasteiger partial charge on any atom is 0.306 e. The van der Waals surface area contributed by atoms with Crippen LogP contribution in [-0.4, -0.2) is 11.1 Å². The van der Waals surface area contributed by atoms with Crippen molar-refractivity contribution < 1.29 is 9.90 Å². The lowest BCUT2D eigenvalue weighted by Crippen LogP contribution is -2.08. The van der Waals surface area contributed by atoms with Crippen molar-refractivity contribution in [2.45, 2.75) is 46.0 Å². The Bertz CT molecular complexity index is 171. The molecule has 1 saturated carbocycles. The summed E-state index contributed by atoms with van der Waals surface area (Å²) in [5.74, 6) is 0.582. The molecule has 0 heterocycles. The highest BCUT2D eigenvalue weighted by atomic mass is 16.4. The van der Waals surface area contributed by atoms with Gasteiger partial charge in [0.05, 0.1) is 5.92 Å². The van der Waals surface area contributed by atoms with Gasteiger partial charge in [0, 0.05) is 0 Å². The zero-order valence-electron chi connectivity index (χ0n) is 8.62. The average molecular weight is 184 g/mol. The minimum atomic E-state index is -0.581. The van der Waals surface area contributed by atoms with E-state index in [4.69, 9.17) is 5.11 Å². The Morgan fingerprint density at radius 2 is 1.92 bits per heavy atom. The fraction of sp³-hybridized carbons (Fsp3) is 0.909. The van der Waals surface area contributed by atoms with Crippen molar-refractivity contribution in [2.75, 3.05) is 0 Å². The standard InChI is InChI=1S/C11H20O2/c1-3-5-8(6-4-2)9-7-10(9)11(12)13/h8-10H,3-7H2,1-2H3,(H,12,13). The van der Waals surface area contributed by atoms with E-state index < -0.39 is 5.97 Å². The topological polar surface area (TPSA) is 37.3 Å². The van der Waals surface area contributed by atoms with Crippen LogP contribution in [0.5, 0.6) is 0 Å². The van der Waals surface area contributed by atoms with Crippen LogP contribution in [0.15, 0.2) is 0 Å². The van der Waals surface area contributed by atoms with E-state index in [2.05, 4.69) is 13.8 Å². The molecule has 1 aliphatic rings. The average Bonchev–Trinajstić information content (AvgIpc) is 2.82. The lowest BCUT2D eigenvalue weighted by Gasteiger charge is -2.13. The molecule has 1 fully saturated rings. The van der Waals surface area contributed by atoms with Crippen LogP contribution < -0.4 is 0 Å². The van der Waals surface area contributed by atoms with Crippen LogP contribution in [0.4, 0.5) is 0 Å². The van der Waals surface area contributed by atoms with E-state index in [1.165, 1.54) is 25.7 Å². The van der Waals surface area contributed by atoms with Gasteiger partial charge in [0.25, 0.3) is 0 Å². The second-order valence-corrected chi connectivity index (χ2v) is 4.18. The molecule has 0 aromatic heterocycles. The van der Waals surface area contributed by atoms with Crippen molar-refractivity contribution >= 4 is 5.97 Å². The van der Waals surface area contributed by atoms with Crippen LogP contribution >= 0.6 is 0 Å². The smallest absolute Gasteiger partial charge is 0.306 e. The molecule has 76 valence electrons. The first kappa shape index (κ1) is 10.6. The molecule has 0 spiro atoms. The lowest BCUT2D eigenvalue weighted by molar-refractivity contribution is -0.139. The van der Waals surface area contributed by atoms with Gasteiger partial charge in [-0.1, -0.05) is 39.5 Å². The van der Waals surface area contributed by atoms with Gasteiger partial charge >= 0.3 is 5.97 Å². The van der Waals surface area contributed by atoms with E-state index in [1.807, 2.05) is 0 Å². The van der Waals surface area contributed by atoms with Crippen LogP contribution in [0, 0.1) is 17.8 Å². The molecule has 0 saturated heterocycles. The number of aliphatic carboxylic acids is 1. The first-order valence-corrected chi connectivity index (χ1v) is 5.43. The Morgan fingerprint density at radius 3 is 2.23 bits per heavy atom. The maximum atomic E-state index is 10.7. The quantitative estimate of drug-likeness (QED) is 0.689. The summed E-state index contributed by atoms with van der Waals surface area (Å²) in [7, 11) is 0. The lowest BCUT2D eigenvalue weighted by atomic mass is 9.92. The Morgan fingerprint density at radius 1 is 1.38 bits per heavy atom. The first-order chi connectivity index (χ1) is 6.20. The minimum Gasteiger partial charge on any atom is -0.481 e. The molecule has 2 atom stereocenters. The molecule has 2 unspecified atom stereocenters. The monoisotopic (exact) mass is 184 g/mol. The summed E-state index contributed by atoms with van der Waals surface area (Å²) in [6, 6.07) is 0. The number of hydrogen-bond acceptors (Lipinski definition) is 1. The molecule has 0 amide bonds. The van der Waals surface area contributed by atoms with Gasteiger partial charge in [-0.05, 0) is 18.3 Å². The second kappa shape index (κ2) is 4.64. The molecule has 1 rings (SSSR count). The Balaban J connectivity index is 2.35. The summed E-state index contributed by atoms with van der Waals surface area (Å²) >= 11 is 0. The van der Waals surface area contributed by atoms with Gasteiger partial charge in [0.15, 0.2) is 0 Å². The SMILES string of the molecule is CCCC(CCC)C1CC1C(=O)O. The van der Waals surface area contributed by atoms with Crippen molar-refractivity contribution in [1.29, 1.82) is 0 Å². The van der Waals surface area contributed by atoms with E-state index in [9.17, 15) is 4.79 Å². The molecule has 2 heteroatoms. The Kier molecular flexibility index (Phi) is 3.76. The van der Waals surface area contributed by atoms with Crippen LogP contribution in [-0.2, 0) is 4.79 Å². The molecular weight excluding hydrogens is 164 g/mol. The van der Waals surface area contributed by atoms with E-state index in [0.29, 0.717) is 11.8 Å². The van der Waals surface area contributed by atoms with E-state index in [-0.39, 0.29) is 5.92 Å².